The number of halogens is 2. The maximum Gasteiger partial charge on any atom is 0.330 e. The monoisotopic (exact) mass is 408 g/mol. The summed E-state index contributed by atoms with van der Waals surface area (Å²) in [5.41, 5.74) is 0. The van der Waals surface area contributed by atoms with Crippen LogP contribution in [-0.4, -0.2) is 23.7 Å². The Morgan fingerprint density at radius 3 is 2.83 bits per heavy atom. The second-order valence-corrected chi connectivity index (χ2v) is 10.7. The van der Waals surface area contributed by atoms with Gasteiger partial charge in [-0.3, -0.25) is 0 Å². The van der Waals surface area contributed by atoms with Crippen LogP contribution in [0.2, 0.25) is 6.04 Å². The fraction of sp³-hybridized carbons (Fsp3) is 0.571. The molecule has 0 saturated heterocycles. The summed E-state index contributed by atoms with van der Waals surface area (Å²) in [7, 11) is 0.949. The third kappa shape index (κ3) is 8.98. The highest BCUT2D eigenvalue weighted by molar-refractivity contribution is 14.2. The molecule has 0 N–H and O–H groups in total. The molecule has 0 aliphatic carbocycles. The van der Waals surface area contributed by atoms with E-state index < -0.39 is 0 Å². The zero-order valence-electron chi connectivity index (χ0n) is 6.56. The van der Waals surface area contributed by atoms with Crippen LogP contribution in [0.1, 0.15) is 6.42 Å². The summed E-state index contributed by atoms with van der Waals surface area (Å²) in [6, 6.07) is 1.14. The number of alkyl halides is 2. The van der Waals surface area contributed by atoms with E-state index in [2.05, 4.69) is 51.8 Å². The predicted molar refractivity (Wildman–Crippen MR) is 68.2 cm³/mol. The smallest absolute Gasteiger partial charge is 0.330 e. The van der Waals surface area contributed by atoms with Crippen molar-refractivity contribution in [2.45, 2.75) is 14.0 Å². The number of hydrogen-bond acceptors (Lipinski definition) is 2. The minimum absolute atomic E-state index is 0.321. The largest absolute Gasteiger partial charge is 0.463 e. The quantitative estimate of drug-likeness (QED) is 0.169. The zero-order chi connectivity index (χ0) is 9.40. The summed E-state index contributed by atoms with van der Waals surface area (Å²) in [5.74, 6) is -0.321. The molecule has 0 aromatic carbocycles. The van der Waals surface area contributed by atoms with Crippen LogP contribution in [-0.2, 0) is 9.53 Å². The third-order valence-electron chi connectivity index (χ3n) is 1.03. The summed E-state index contributed by atoms with van der Waals surface area (Å²) in [6.45, 7) is 3.84. The van der Waals surface area contributed by atoms with Gasteiger partial charge in [0.15, 0.2) is 0 Å². The van der Waals surface area contributed by atoms with Gasteiger partial charge in [-0.2, -0.15) is 0 Å². The third-order valence-corrected chi connectivity index (χ3v) is 4.62. The normalized spacial score (nSPS) is 9.92. The van der Waals surface area contributed by atoms with Crippen LogP contribution in [0.15, 0.2) is 12.7 Å². The van der Waals surface area contributed by atoms with Crippen molar-refractivity contribution in [3.05, 3.63) is 12.7 Å². The van der Waals surface area contributed by atoms with Gasteiger partial charge in [-0.1, -0.05) is 57.8 Å². The van der Waals surface area contributed by atoms with E-state index >= 15 is 0 Å². The topological polar surface area (TPSA) is 26.3 Å². The first-order chi connectivity index (χ1) is 5.66. The molecule has 0 aliphatic rings. The molecule has 0 aliphatic heterocycles. The van der Waals surface area contributed by atoms with Crippen molar-refractivity contribution in [1.82, 2.24) is 0 Å². The Bertz CT molecular complexity index is 150. The first-order valence-electron chi connectivity index (χ1n) is 3.47. The zero-order valence-corrected chi connectivity index (χ0v) is 11.9. The maximum absolute atomic E-state index is 10.6. The molecule has 5 heteroatoms. The van der Waals surface area contributed by atoms with Crippen LogP contribution < -0.4 is 0 Å². The van der Waals surface area contributed by atoms with Crippen molar-refractivity contribution in [3.63, 3.8) is 0 Å². The lowest BCUT2D eigenvalue weighted by Crippen LogP contribution is -2.05. The van der Waals surface area contributed by atoms with Crippen LogP contribution in [0.3, 0.4) is 0 Å². The van der Waals surface area contributed by atoms with E-state index in [1.54, 1.807) is 0 Å². The molecule has 68 valence electrons. The molecule has 0 bridgehead atoms. The van der Waals surface area contributed by atoms with Gasteiger partial charge in [-0.25, -0.2) is 4.79 Å². The first-order valence-corrected chi connectivity index (χ1v) is 7.25. The van der Waals surface area contributed by atoms with E-state index in [1.165, 1.54) is 6.08 Å². The van der Waals surface area contributed by atoms with Crippen LogP contribution in [0.4, 0.5) is 0 Å². The molecule has 0 aromatic rings. The van der Waals surface area contributed by atoms with Crippen molar-refractivity contribution < 1.29 is 9.53 Å². The Kier molecular flexibility index (Phi) is 9.11. The number of esters is 1. The Hall–Kier alpha value is 0.887. The number of carbonyl (C=O) groups excluding carboxylic acids is 1. The van der Waals surface area contributed by atoms with Gasteiger partial charge >= 0.3 is 5.97 Å². The van der Waals surface area contributed by atoms with E-state index in [-0.39, 0.29) is 5.97 Å². The SMILES string of the molecule is C=CC(=O)OCCC[Si]C(I)I. The molecule has 0 spiro atoms. The Morgan fingerprint density at radius 2 is 2.33 bits per heavy atom. The highest BCUT2D eigenvalue weighted by atomic mass is 127. The fourth-order valence-corrected chi connectivity index (χ4v) is 2.95. The molecular formula is C7H10I2O2Si. The summed E-state index contributed by atoms with van der Waals surface area (Å²) in [5, 5.41) is 0. The molecule has 0 rings (SSSR count). The summed E-state index contributed by atoms with van der Waals surface area (Å²) < 4.78 is 5.52. The van der Waals surface area contributed by atoms with E-state index in [1.807, 2.05) is 0 Å². The predicted octanol–water partition coefficient (Wildman–Crippen LogP) is 2.38. The highest BCUT2D eigenvalue weighted by Crippen LogP contribution is 2.09. The molecule has 2 nitrogen and oxygen atoms in total. The van der Waals surface area contributed by atoms with Gasteiger partial charge in [0.2, 0.25) is 0 Å². The fourth-order valence-electron chi connectivity index (χ4n) is 0.515. The van der Waals surface area contributed by atoms with E-state index in [0.717, 1.165) is 22.0 Å². The van der Waals surface area contributed by atoms with Crippen molar-refractivity contribution in [1.29, 1.82) is 0 Å². The Morgan fingerprint density at radius 1 is 1.67 bits per heavy atom. The molecule has 0 amide bonds. The molecule has 0 aromatic heterocycles. The molecule has 0 saturated carbocycles. The number of carbonyl (C=O) groups is 1. The lowest BCUT2D eigenvalue weighted by atomic mass is 10.5. The van der Waals surface area contributed by atoms with Crippen LogP contribution >= 0.6 is 45.2 Å². The van der Waals surface area contributed by atoms with Crippen molar-refractivity contribution in [3.8, 4) is 0 Å². The van der Waals surface area contributed by atoms with Gasteiger partial charge in [-0.05, 0) is 6.42 Å². The standard InChI is InChI=1S/C7H10I2O2Si/c1-2-6(10)11-4-3-5-12-7(8)9/h2,7H,1,3-5H2. The van der Waals surface area contributed by atoms with Gasteiger partial charge in [0.05, 0.1) is 17.7 Å². The molecule has 0 atom stereocenters. The summed E-state index contributed by atoms with van der Waals surface area (Å²) in [6.07, 6.45) is 2.16. The van der Waals surface area contributed by atoms with Crippen LogP contribution in [0.5, 0.6) is 0 Å². The van der Waals surface area contributed by atoms with Gasteiger partial charge in [0, 0.05) is 6.08 Å². The van der Waals surface area contributed by atoms with Crippen molar-refractivity contribution in [2.75, 3.05) is 6.61 Å². The number of hydrogen-bond donors (Lipinski definition) is 0. The van der Waals surface area contributed by atoms with Gasteiger partial charge in [0.1, 0.15) is 0 Å². The molecule has 2 radical (unpaired) electrons. The van der Waals surface area contributed by atoms with Gasteiger partial charge in [-0.15, -0.1) is 0 Å². The van der Waals surface area contributed by atoms with Crippen LogP contribution in [0, 0.1) is 0 Å². The highest BCUT2D eigenvalue weighted by Gasteiger charge is 1.99. The Labute approximate surface area is 103 Å². The summed E-state index contributed by atoms with van der Waals surface area (Å²) in [4.78, 5) is 10.6. The molecule has 12 heavy (non-hydrogen) atoms. The average molecular weight is 408 g/mol. The molecule has 0 heterocycles. The second-order valence-electron chi connectivity index (χ2n) is 1.98. The van der Waals surface area contributed by atoms with Crippen LogP contribution in [0.25, 0.3) is 0 Å². The first kappa shape index (κ1) is 12.9. The van der Waals surface area contributed by atoms with E-state index in [4.69, 9.17) is 4.74 Å². The Balaban J connectivity index is 3.11. The van der Waals surface area contributed by atoms with E-state index in [9.17, 15) is 4.79 Å². The van der Waals surface area contributed by atoms with Gasteiger partial charge in [0.25, 0.3) is 0 Å². The maximum atomic E-state index is 10.6. The summed E-state index contributed by atoms with van der Waals surface area (Å²) >= 11 is 4.78. The molecule has 0 fully saturated rings. The van der Waals surface area contributed by atoms with E-state index in [0.29, 0.717) is 8.16 Å². The van der Waals surface area contributed by atoms with Gasteiger partial charge < -0.3 is 4.74 Å². The average Bonchev–Trinajstić information content (AvgIpc) is 2.03. The van der Waals surface area contributed by atoms with Crippen molar-refractivity contribution in [2.24, 2.45) is 0 Å². The minimum atomic E-state index is -0.321. The number of ether oxygens (including phenoxy) is 1. The second kappa shape index (κ2) is 8.48. The molecular weight excluding hydrogens is 398 g/mol. The van der Waals surface area contributed by atoms with Crippen molar-refractivity contribution >= 4 is 60.7 Å². The lowest BCUT2D eigenvalue weighted by molar-refractivity contribution is -0.137. The minimum Gasteiger partial charge on any atom is -0.463 e. The lowest BCUT2D eigenvalue weighted by Gasteiger charge is -2.01. The number of rotatable bonds is 6. The molecule has 0 unspecified atom stereocenters.